The summed E-state index contributed by atoms with van der Waals surface area (Å²) in [4.78, 5) is 15.0. The Hall–Kier alpha value is -3.75. The van der Waals surface area contributed by atoms with Gasteiger partial charge in [-0.15, -0.1) is 0 Å². The first-order valence-corrected chi connectivity index (χ1v) is 11.0. The first-order chi connectivity index (χ1) is 16.6. The van der Waals surface area contributed by atoms with Gasteiger partial charge in [0.05, 0.1) is 18.3 Å². The molecule has 0 aliphatic rings. The molecule has 1 heterocycles. The highest BCUT2D eigenvalue weighted by Gasteiger charge is 2.31. The van der Waals surface area contributed by atoms with E-state index in [0.29, 0.717) is 24.5 Å². The number of carboxylic acid groups (broad SMARTS) is 1. The molecule has 0 saturated carbocycles. The van der Waals surface area contributed by atoms with Gasteiger partial charge in [0.25, 0.3) is 0 Å². The van der Waals surface area contributed by atoms with Crippen LogP contribution in [0.15, 0.2) is 60.8 Å². The van der Waals surface area contributed by atoms with E-state index in [4.69, 9.17) is 19.3 Å². The zero-order valence-electron chi connectivity index (χ0n) is 19.3. The number of hydrogen-bond acceptors (Lipinski definition) is 5. The van der Waals surface area contributed by atoms with Crippen molar-refractivity contribution in [1.29, 1.82) is 0 Å². The summed E-state index contributed by atoms with van der Waals surface area (Å²) in [6.45, 7) is 3.90. The third-order valence-electron chi connectivity index (χ3n) is 5.15. The van der Waals surface area contributed by atoms with Crippen LogP contribution in [0.25, 0.3) is 0 Å². The molecule has 1 atom stereocenters. The number of rotatable bonds is 11. The van der Waals surface area contributed by atoms with E-state index in [2.05, 4.69) is 4.98 Å². The minimum absolute atomic E-state index is 0.0253. The van der Waals surface area contributed by atoms with Crippen LogP contribution >= 0.6 is 0 Å². The van der Waals surface area contributed by atoms with Crippen LogP contribution in [-0.4, -0.2) is 28.8 Å². The van der Waals surface area contributed by atoms with E-state index in [1.807, 2.05) is 6.92 Å². The lowest BCUT2D eigenvalue weighted by Crippen LogP contribution is -2.17. The van der Waals surface area contributed by atoms with Gasteiger partial charge in [-0.25, -0.2) is 4.98 Å². The van der Waals surface area contributed by atoms with Crippen LogP contribution < -0.4 is 14.2 Å². The number of hydrogen-bond donors (Lipinski definition) is 1. The Morgan fingerprint density at radius 3 is 2.49 bits per heavy atom. The maximum atomic E-state index is 13.2. The standard InChI is InChI=1S/C26H26F3NO5/c1-17-14-24(30-16-19(17)8-11-25(31)32)33-13-12-18(2)34-22-10-9-20(26(27,28)29)15-23(22)35-21-6-4-3-5-7-21/h3-7,9-10,14-16,18H,8,11-13H2,1-2H3,(H,31,32)/t18-/m0/s1. The summed E-state index contributed by atoms with van der Waals surface area (Å²) in [5.41, 5.74) is 0.887. The number of pyridine rings is 1. The number of carboxylic acids is 1. The lowest BCUT2D eigenvalue weighted by molar-refractivity contribution is -0.138. The highest BCUT2D eigenvalue weighted by Crippen LogP contribution is 2.38. The maximum absolute atomic E-state index is 13.2. The smallest absolute Gasteiger partial charge is 0.416 e. The lowest BCUT2D eigenvalue weighted by atomic mass is 10.1. The summed E-state index contributed by atoms with van der Waals surface area (Å²) < 4.78 is 56.9. The third-order valence-corrected chi connectivity index (χ3v) is 5.15. The van der Waals surface area contributed by atoms with Gasteiger partial charge in [-0.3, -0.25) is 4.79 Å². The number of aryl methyl sites for hydroxylation is 2. The molecule has 0 amide bonds. The molecule has 3 aromatic rings. The Morgan fingerprint density at radius 1 is 1.09 bits per heavy atom. The highest BCUT2D eigenvalue weighted by atomic mass is 19.4. The van der Waals surface area contributed by atoms with Gasteiger partial charge in [0.1, 0.15) is 5.75 Å². The average molecular weight is 489 g/mol. The van der Waals surface area contributed by atoms with E-state index in [9.17, 15) is 18.0 Å². The number of para-hydroxylation sites is 1. The average Bonchev–Trinajstić information content (AvgIpc) is 2.79. The molecule has 3 rings (SSSR count). The first-order valence-electron chi connectivity index (χ1n) is 11.0. The molecular weight excluding hydrogens is 463 g/mol. The van der Waals surface area contributed by atoms with Gasteiger partial charge in [-0.05, 0) is 61.7 Å². The Kier molecular flexibility index (Phi) is 8.57. The molecule has 186 valence electrons. The predicted molar refractivity (Wildman–Crippen MR) is 123 cm³/mol. The second kappa shape index (κ2) is 11.6. The molecule has 0 bridgehead atoms. The Morgan fingerprint density at radius 2 is 1.83 bits per heavy atom. The van der Waals surface area contributed by atoms with Gasteiger partial charge in [0, 0.05) is 25.1 Å². The van der Waals surface area contributed by atoms with Crippen LogP contribution in [0.1, 0.15) is 36.5 Å². The molecule has 2 aromatic carbocycles. The number of ether oxygens (including phenoxy) is 3. The summed E-state index contributed by atoms with van der Waals surface area (Å²) in [6, 6.07) is 13.4. The van der Waals surface area contributed by atoms with Crippen molar-refractivity contribution >= 4 is 5.97 Å². The fraction of sp³-hybridized carbons (Fsp3) is 0.308. The minimum Gasteiger partial charge on any atom is -0.487 e. The van der Waals surface area contributed by atoms with Gasteiger partial charge >= 0.3 is 12.1 Å². The number of nitrogens with zero attached hydrogens (tertiary/aromatic N) is 1. The monoisotopic (exact) mass is 489 g/mol. The highest BCUT2D eigenvalue weighted by molar-refractivity contribution is 5.67. The zero-order chi connectivity index (χ0) is 25.4. The predicted octanol–water partition coefficient (Wildman–Crippen LogP) is 6.45. The fourth-order valence-electron chi connectivity index (χ4n) is 3.22. The van der Waals surface area contributed by atoms with Crippen LogP contribution in [0.3, 0.4) is 0 Å². The number of halogens is 3. The number of carbonyl (C=O) groups is 1. The molecule has 0 aliphatic heterocycles. The molecule has 0 fully saturated rings. The summed E-state index contributed by atoms with van der Waals surface area (Å²) >= 11 is 0. The molecule has 35 heavy (non-hydrogen) atoms. The molecule has 0 radical (unpaired) electrons. The van der Waals surface area contributed by atoms with Gasteiger partial charge in [-0.1, -0.05) is 18.2 Å². The topological polar surface area (TPSA) is 77.9 Å². The van der Waals surface area contributed by atoms with Gasteiger partial charge in [0.2, 0.25) is 5.88 Å². The SMILES string of the molecule is Cc1cc(OCC[C@H](C)Oc2ccc(C(F)(F)F)cc2Oc2ccccc2)ncc1CCC(=O)O. The Balaban J connectivity index is 1.61. The molecule has 0 spiro atoms. The number of aromatic nitrogens is 1. The summed E-state index contributed by atoms with van der Waals surface area (Å²) in [5, 5.41) is 8.82. The second-order valence-electron chi connectivity index (χ2n) is 7.98. The van der Waals surface area contributed by atoms with E-state index in [-0.39, 0.29) is 30.6 Å². The zero-order valence-corrected chi connectivity index (χ0v) is 19.3. The van der Waals surface area contributed by atoms with Crippen LogP contribution in [0, 0.1) is 6.92 Å². The number of alkyl halides is 3. The van der Waals surface area contributed by atoms with E-state index < -0.39 is 17.7 Å². The van der Waals surface area contributed by atoms with E-state index in [1.54, 1.807) is 49.5 Å². The second-order valence-corrected chi connectivity index (χ2v) is 7.98. The molecule has 9 heteroatoms. The Labute approximate surface area is 201 Å². The minimum atomic E-state index is -4.51. The van der Waals surface area contributed by atoms with Crippen molar-refractivity contribution in [2.45, 2.75) is 45.4 Å². The molecular formula is C26H26F3NO5. The molecule has 1 N–H and O–H groups in total. The number of benzene rings is 2. The van der Waals surface area contributed by atoms with Crippen molar-refractivity contribution in [3.05, 3.63) is 77.5 Å². The van der Waals surface area contributed by atoms with Gasteiger partial charge in [0.15, 0.2) is 11.5 Å². The summed E-state index contributed by atoms with van der Waals surface area (Å²) in [6.07, 6.45) is -2.45. The molecule has 6 nitrogen and oxygen atoms in total. The fourth-order valence-corrected chi connectivity index (χ4v) is 3.22. The van der Waals surface area contributed by atoms with Crippen molar-refractivity contribution < 1.29 is 37.3 Å². The molecule has 1 aromatic heterocycles. The van der Waals surface area contributed by atoms with Crippen LogP contribution in [-0.2, 0) is 17.4 Å². The maximum Gasteiger partial charge on any atom is 0.416 e. The molecule has 0 saturated heterocycles. The van der Waals surface area contributed by atoms with Crippen LogP contribution in [0.2, 0.25) is 0 Å². The van der Waals surface area contributed by atoms with Gasteiger partial charge < -0.3 is 19.3 Å². The van der Waals surface area contributed by atoms with Crippen molar-refractivity contribution in [2.24, 2.45) is 0 Å². The quantitative estimate of drug-likeness (QED) is 0.333. The lowest BCUT2D eigenvalue weighted by Gasteiger charge is -2.19. The van der Waals surface area contributed by atoms with E-state index >= 15 is 0 Å². The normalized spacial score (nSPS) is 12.1. The van der Waals surface area contributed by atoms with Crippen LogP contribution in [0.4, 0.5) is 13.2 Å². The Bertz CT molecular complexity index is 1140. The van der Waals surface area contributed by atoms with Crippen molar-refractivity contribution in [3.8, 4) is 23.1 Å². The van der Waals surface area contributed by atoms with Crippen molar-refractivity contribution in [1.82, 2.24) is 4.98 Å². The largest absolute Gasteiger partial charge is 0.487 e. The van der Waals surface area contributed by atoms with Crippen molar-refractivity contribution in [2.75, 3.05) is 6.61 Å². The van der Waals surface area contributed by atoms with E-state index in [1.165, 1.54) is 6.07 Å². The third kappa shape index (κ3) is 7.91. The summed E-state index contributed by atoms with van der Waals surface area (Å²) in [5.74, 6) is 0.0699. The van der Waals surface area contributed by atoms with Crippen LogP contribution in [0.5, 0.6) is 23.1 Å². The van der Waals surface area contributed by atoms with Gasteiger partial charge in [-0.2, -0.15) is 13.2 Å². The van der Waals surface area contributed by atoms with E-state index in [0.717, 1.165) is 23.3 Å². The molecule has 0 unspecified atom stereocenters. The molecule has 0 aliphatic carbocycles. The van der Waals surface area contributed by atoms with Crippen molar-refractivity contribution in [3.63, 3.8) is 0 Å². The summed E-state index contributed by atoms with van der Waals surface area (Å²) in [7, 11) is 0. The number of aliphatic carboxylic acids is 1. The first kappa shape index (κ1) is 25.9.